The van der Waals surface area contributed by atoms with Crippen LogP contribution in [0.1, 0.15) is 16.1 Å². The van der Waals surface area contributed by atoms with Crippen LogP contribution in [0.5, 0.6) is 0 Å². The molecular weight excluding hydrogens is 515 g/mol. The van der Waals surface area contributed by atoms with E-state index in [0.29, 0.717) is 28.7 Å². The number of benzene rings is 3. The summed E-state index contributed by atoms with van der Waals surface area (Å²) in [5.74, 6) is 0.0244. The molecule has 0 bridgehead atoms. The fraction of sp³-hybridized carbons (Fsp3) is 0.161. The van der Waals surface area contributed by atoms with Crippen LogP contribution < -0.4 is 0 Å². The molecule has 38 heavy (non-hydrogen) atoms. The average Bonchev–Trinajstić information content (AvgIpc) is 3.31. The van der Waals surface area contributed by atoms with Gasteiger partial charge in [-0.2, -0.15) is 0 Å². The van der Waals surface area contributed by atoms with E-state index in [0.717, 1.165) is 53.4 Å². The Morgan fingerprint density at radius 2 is 1.47 bits per heavy atom. The Bertz CT molecular complexity index is 1590. The molecule has 0 saturated carbocycles. The fourth-order valence-electron chi connectivity index (χ4n) is 5.01. The van der Waals surface area contributed by atoms with Crippen LogP contribution in [0.25, 0.3) is 28.0 Å². The highest BCUT2D eigenvalue weighted by atomic mass is 35.5. The lowest BCUT2D eigenvalue weighted by Gasteiger charge is -2.34. The van der Waals surface area contributed by atoms with Crippen molar-refractivity contribution in [1.29, 1.82) is 0 Å². The second kappa shape index (κ2) is 10.6. The van der Waals surface area contributed by atoms with Gasteiger partial charge in [0.1, 0.15) is 5.65 Å². The molecule has 1 aliphatic heterocycles. The molecule has 5 aromatic rings. The standard InChI is InChI=1S/C31H26Cl2N4O/c32-26-12-9-23(10-13-26)30-28(37-20-25(11-14-29(37)34-30)22-5-2-1-3-6-22)21-35-15-17-36(18-16-35)31(38)24-7-4-8-27(33)19-24/h1-14,19-20H,15-18,21H2. The maximum absolute atomic E-state index is 13.0. The summed E-state index contributed by atoms with van der Waals surface area (Å²) in [4.78, 5) is 22.3. The monoisotopic (exact) mass is 540 g/mol. The molecule has 0 spiro atoms. The maximum atomic E-state index is 13.0. The Labute approximate surface area is 231 Å². The number of amides is 1. The van der Waals surface area contributed by atoms with E-state index in [1.165, 1.54) is 0 Å². The predicted molar refractivity (Wildman–Crippen MR) is 154 cm³/mol. The van der Waals surface area contributed by atoms with E-state index >= 15 is 0 Å². The number of fused-ring (bicyclic) bond motifs is 1. The summed E-state index contributed by atoms with van der Waals surface area (Å²) in [5.41, 5.74) is 6.93. The fourth-order valence-corrected chi connectivity index (χ4v) is 5.33. The van der Waals surface area contributed by atoms with Crippen molar-refractivity contribution in [2.24, 2.45) is 0 Å². The number of aromatic nitrogens is 2. The second-order valence-corrected chi connectivity index (χ2v) is 10.4. The number of pyridine rings is 1. The lowest BCUT2D eigenvalue weighted by molar-refractivity contribution is 0.0627. The molecule has 1 saturated heterocycles. The molecule has 0 N–H and O–H groups in total. The van der Waals surface area contributed by atoms with Crippen LogP contribution in [-0.4, -0.2) is 51.3 Å². The van der Waals surface area contributed by atoms with E-state index in [1.807, 2.05) is 47.4 Å². The molecule has 0 unspecified atom stereocenters. The van der Waals surface area contributed by atoms with Crippen LogP contribution >= 0.6 is 23.2 Å². The Morgan fingerprint density at radius 3 is 2.21 bits per heavy atom. The summed E-state index contributed by atoms with van der Waals surface area (Å²) in [6.07, 6.45) is 2.17. The number of halogens is 2. The molecule has 0 radical (unpaired) electrons. The number of carbonyl (C=O) groups is 1. The van der Waals surface area contributed by atoms with Gasteiger partial charge in [0.25, 0.3) is 5.91 Å². The van der Waals surface area contributed by atoms with Gasteiger partial charge in [-0.3, -0.25) is 9.69 Å². The van der Waals surface area contributed by atoms with E-state index < -0.39 is 0 Å². The number of nitrogens with zero attached hydrogens (tertiary/aromatic N) is 4. The van der Waals surface area contributed by atoms with Crippen molar-refractivity contribution in [3.05, 3.63) is 118 Å². The molecule has 2 aromatic heterocycles. The van der Waals surface area contributed by atoms with Gasteiger partial charge in [-0.15, -0.1) is 0 Å². The summed E-state index contributed by atoms with van der Waals surface area (Å²) in [6.45, 7) is 3.59. The van der Waals surface area contributed by atoms with Gasteiger partial charge in [0, 0.05) is 60.1 Å². The van der Waals surface area contributed by atoms with Crippen molar-refractivity contribution in [2.75, 3.05) is 26.2 Å². The highest BCUT2D eigenvalue weighted by molar-refractivity contribution is 6.31. The summed E-state index contributed by atoms with van der Waals surface area (Å²) in [5, 5.41) is 1.28. The quantitative estimate of drug-likeness (QED) is 0.242. The minimum Gasteiger partial charge on any atom is -0.336 e. The molecule has 6 rings (SSSR count). The van der Waals surface area contributed by atoms with Gasteiger partial charge in [0.2, 0.25) is 0 Å². The zero-order valence-corrected chi connectivity index (χ0v) is 22.2. The van der Waals surface area contributed by atoms with Crippen LogP contribution in [0.2, 0.25) is 10.0 Å². The van der Waals surface area contributed by atoms with Crippen LogP contribution in [0.3, 0.4) is 0 Å². The first-order valence-electron chi connectivity index (χ1n) is 12.6. The van der Waals surface area contributed by atoms with Crippen LogP contribution in [0, 0.1) is 0 Å². The third-order valence-corrected chi connectivity index (χ3v) is 7.53. The van der Waals surface area contributed by atoms with Crippen molar-refractivity contribution in [2.45, 2.75) is 6.54 Å². The topological polar surface area (TPSA) is 40.9 Å². The zero-order valence-electron chi connectivity index (χ0n) is 20.7. The number of hydrogen-bond donors (Lipinski definition) is 0. The third kappa shape index (κ3) is 5.05. The van der Waals surface area contributed by atoms with Crippen molar-refractivity contribution in [3.63, 3.8) is 0 Å². The summed E-state index contributed by atoms with van der Waals surface area (Å²) in [6, 6.07) is 29.6. The molecule has 1 fully saturated rings. The van der Waals surface area contributed by atoms with E-state index in [9.17, 15) is 4.79 Å². The van der Waals surface area contributed by atoms with Crippen molar-refractivity contribution < 1.29 is 4.79 Å². The summed E-state index contributed by atoms with van der Waals surface area (Å²) in [7, 11) is 0. The number of piperazine rings is 1. The van der Waals surface area contributed by atoms with Crippen LogP contribution in [0.4, 0.5) is 0 Å². The van der Waals surface area contributed by atoms with E-state index in [1.54, 1.807) is 12.1 Å². The molecule has 1 aliphatic rings. The number of hydrogen-bond acceptors (Lipinski definition) is 3. The first kappa shape index (κ1) is 24.7. The normalized spacial score (nSPS) is 14.2. The molecule has 5 nitrogen and oxygen atoms in total. The highest BCUT2D eigenvalue weighted by Gasteiger charge is 2.24. The largest absolute Gasteiger partial charge is 0.336 e. The lowest BCUT2D eigenvalue weighted by Crippen LogP contribution is -2.48. The van der Waals surface area contributed by atoms with Gasteiger partial charge < -0.3 is 9.30 Å². The molecule has 1 amide bonds. The Morgan fingerprint density at radius 1 is 0.737 bits per heavy atom. The minimum absolute atomic E-state index is 0.0244. The molecule has 3 aromatic carbocycles. The number of carbonyl (C=O) groups excluding carboxylic acids is 1. The molecule has 0 aliphatic carbocycles. The van der Waals surface area contributed by atoms with Crippen LogP contribution in [-0.2, 0) is 6.54 Å². The number of rotatable bonds is 5. The Kier molecular flexibility index (Phi) is 6.90. The predicted octanol–water partition coefficient (Wildman–Crippen LogP) is 6.93. The molecule has 190 valence electrons. The summed E-state index contributed by atoms with van der Waals surface area (Å²) >= 11 is 12.3. The second-order valence-electron chi connectivity index (χ2n) is 9.50. The zero-order chi connectivity index (χ0) is 26.1. The highest BCUT2D eigenvalue weighted by Crippen LogP contribution is 2.29. The molecule has 0 atom stereocenters. The molecule has 7 heteroatoms. The van der Waals surface area contributed by atoms with Crippen LogP contribution in [0.15, 0.2) is 97.2 Å². The minimum atomic E-state index is 0.0244. The molecule has 3 heterocycles. The van der Waals surface area contributed by atoms with E-state index in [2.05, 4.69) is 51.9 Å². The van der Waals surface area contributed by atoms with E-state index in [-0.39, 0.29) is 5.91 Å². The van der Waals surface area contributed by atoms with Gasteiger partial charge in [-0.1, -0.05) is 71.7 Å². The van der Waals surface area contributed by atoms with Gasteiger partial charge in [0.05, 0.1) is 11.4 Å². The Balaban J connectivity index is 1.29. The first-order chi connectivity index (χ1) is 18.5. The van der Waals surface area contributed by atoms with Crippen molar-refractivity contribution >= 4 is 34.8 Å². The van der Waals surface area contributed by atoms with Gasteiger partial charge in [-0.25, -0.2) is 4.98 Å². The third-order valence-electron chi connectivity index (χ3n) is 7.05. The SMILES string of the molecule is O=C(c1cccc(Cl)c1)N1CCN(Cc2c(-c3ccc(Cl)cc3)nc3ccc(-c4ccccc4)cn23)CC1. The van der Waals surface area contributed by atoms with E-state index in [4.69, 9.17) is 28.2 Å². The van der Waals surface area contributed by atoms with Gasteiger partial charge >= 0.3 is 0 Å². The van der Waals surface area contributed by atoms with Gasteiger partial charge in [-0.05, 0) is 53.6 Å². The number of imidazole rings is 1. The summed E-state index contributed by atoms with van der Waals surface area (Å²) < 4.78 is 2.20. The van der Waals surface area contributed by atoms with Gasteiger partial charge in [0.15, 0.2) is 0 Å². The lowest BCUT2D eigenvalue weighted by atomic mass is 10.1. The first-order valence-corrected chi connectivity index (χ1v) is 13.4. The molecular formula is C31H26Cl2N4O. The smallest absolute Gasteiger partial charge is 0.253 e. The van der Waals surface area contributed by atoms with Crippen molar-refractivity contribution in [3.8, 4) is 22.4 Å². The van der Waals surface area contributed by atoms with Crippen molar-refractivity contribution in [1.82, 2.24) is 19.2 Å². The Hall–Kier alpha value is -3.64. The average molecular weight is 541 g/mol. The maximum Gasteiger partial charge on any atom is 0.253 e.